The molecular formula is C18H22N2OS. The lowest BCUT2D eigenvalue weighted by Gasteiger charge is -2.16. The minimum Gasteiger partial charge on any atom is -0.325 e. The van der Waals surface area contributed by atoms with E-state index in [1.54, 1.807) is 11.8 Å². The Hall–Kier alpha value is -1.78. The second kappa shape index (κ2) is 8.61. The summed E-state index contributed by atoms with van der Waals surface area (Å²) >= 11 is 1.64. The van der Waals surface area contributed by atoms with E-state index in [0.717, 1.165) is 23.7 Å². The smallest absolute Gasteiger partial charge is 0.225 e. The van der Waals surface area contributed by atoms with Gasteiger partial charge < -0.3 is 10.2 Å². The van der Waals surface area contributed by atoms with Crippen LogP contribution in [0.3, 0.4) is 0 Å². The zero-order valence-corrected chi connectivity index (χ0v) is 13.9. The van der Waals surface area contributed by atoms with Crippen LogP contribution >= 0.6 is 11.8 Å². The van der Waals surface area contributed by atoms with Crippen molar-refractivity contribution in [3.05, 3.63) is 60.2 Å². The second-order valence-corrected chi connectivity index (χ2v) is 6.07. The summed E-state index contributed by atoms with van der Waals surface area (Å²) in [6, 6.07) is 18.2. The minimum atomic E-state index is 0.0569. The van der Waals surface area contributed by atoms with Gasteiger partial charge >= 0.3 is 0 Å². The third-order valence-corrected chi connectivity index (χ3v) is 4.19. The van der Waals surface area contributed by atoms with Gasteiger partial charge in [0.2, 0.25) is 5.91 Å². The van der Waals surface area contributed by atoms with Crippen molar-refractivity contribution in [2.45, 2.75) is 17.9 Å². The Balaban J connectivity index is 1.80. The van der Waals surface area contributed by atoms with Crippen LogP contribution in [0.15, 0.2) is 59.5 Å². The number of carbonyl (C=O) groups is 1. The van der Waals surface area contributed by atoms with Gasteiger partial charge in [-0.3, -0.25) is 4.79 Å². The van der Waals surface area contributed by atoms with Crippen LogP contribution in [0.5, 0.6) is 0 Å². The quantitative estimate of drug-likeness (QED) is 0.787. The molecule has 0 aliphatic heterocycles. The largest absolute Gasteiger partial charge is 0.325 e. The van der Waals surface area contributed by atoms with Crippen LogP contribution < -0.4 is 5.32 Å². The third-order valence-electron chi connectivity index (χ3n) is 3.40. The van der Waals surface area contributed by atoms with Gasteiger partial charge in [-0.15, -0.1) is 11.8 Å². The molecule has 0 aliphatic rings. The first-order valence-electron chi connectivity index (χ1n) is 7.34. The van der Waals surface area contributed by atoms with Gasteiger partial charge in [-0.2, -0.15) is 0 Å². The average molecular weight is 314 g/mol. The molecule has 0 heterocycles. The highest BCUT2D eigenvalue weighted by molar-refractivity contribution is 7.98. The number of nitrogens with zero attached hydrogens (tertiary/aromatic N) is 1. The van der Waals surface area contributed by atoms with Gasteiger partial charge in [0.15, 0.2) is 0 Å². The molecule has 0 radical (unpaired) electrons. The molecule has 0 unspecified atom stereocenters. The summed E-state index contributed by atoms with van der Waals surface area (Å²) in [5, 5.41) is 2.99. The summed E-state index contributed by atoms with van der Waals surface area (Å²) in [5.74, 6) is 0.0569. The van der Waals surface area contributed by atoms with Crippen molar-refractivity contribution < 1.29 is 4.79 Å². The maximum absolute atomic E-state index is 12.1. The Morgan fingerprint density at radius 1 is 1.09 bits per heavy atom. The van der Waals surface area contributed by atoms with Crippen molar-refractivity contribution in [1.82, 2.24) is 4.90 Å². The van der Waals surface area contributed by atoms with Gasteiger partial charge in [-0.05, 0) is 31.0 Å². The molecule has 1 N–H and O–H groups in total. The highest BCUT2D eigenvalue weighted by atomic mass is 32.2. The average Bonchev–Trinajstić information content (AvgIpc) is 2.54. The zero-order valence-electron chi connectivity index (χ0n) is 13.1. The van der Waals surface area contributed by atoms with Crippen molar-refractivity contribution in [2.24, 2.45) is 0 Å². The van der Waals surface area contributed by atoms with Gasteiger partial charge in [0.05, 0.1) is 5.69 Å². The Morgan fingerprint density at radius 3 is 2.50 bits per heavy atom. The third kappa shape index (κ3) is 5.20. The Bertz CT molecular complexity index is 601. The van der Waals surface area contributed by atoms with E-state index in [1.165, 1.54) is 5.56 Å². The summed E-state index contributed by atoms with van der Waals surface area (Å²) in [6.45, 7) is 1.59. The lowest BCUT2D eigenvalue weighted by atomic mass is 10.2. The normalized spacial score (nSPS) is 10.7. The van der Waals surface area contributed by atoms with Crippen LogP contribution in [-0.2, 0) is 11.3 Å². The summed E-state index contributed by atoms with van der Waals surface area (Å²) < 4.78 is 0. The fourth-order valence-electron chi connectivity index (χ4n) is 2.23. The van der Waals surface area contributed by atoms with E-state index >= 15 is 0 Å². The SMILES string of the molecule is CSc1ccccc1NC(=O)CCN(C)Cc1ccccc1. The summed E-state index contributed by atoms with van der Waals surface area (Å²) in [5.41, 5.74) is 2.16. The van der Waals surface area contributed by atoms with E-state index in [4.69, 9.17) is 0 Å². The lowest BCUT2D eigenvalue weighted by molar-refractivity contribution is -0.116. The van der Waals surface area contributed by atoms with Crippen molar-refractivity contribution >= 4 is 23.4 Å². The van der Waals surface area contributed by atoms with Crippen LogP contribution in [0.4, 0.5) is 5.69 Å². The number of para-hydroxylation sites is 1. The van der Waals surface area contributed by atoms with E-state index in [9.17, 15) is 4.79 Å². The highest BCUT2D eigenvalue weighted by Crippen LogP contribution is 2.24. The number of hydrogen-bond donors (Lipinski definition) is 1. The number of nitrogens with one attached hydrogen (secondary N) is 1. The molecule has 0 saturated carbocycles. The topological polar surface area (TPSA) is 32.3 Å². The molecule has 1 amide bonds. The maximum atomic E-state index is 12.1. The summed E-state index contributed by atoms with van der Waals surface area (Å²) in [7, 11) is 2.04. The van der Waals surface area contributed by atoms with E-state index < -0.39 is 0 Å². The Labute approximate surface area is 136 Å². The van der Waals surface area contributed by atoms with Crippen molar-refractivity contribution in [2.75, 3.05) is 25.2 Å². The van der Waals surface area contributed by atoms with Crippen LogP contribution in [0.25, 0.3) is 0 Å². The molecule has 2 aromatic carbocycles. The first kappa shape index (κ1) is 16.6. The number of thioether (sulfide) groups is 1. The molecule has 0 bridgehead atoms. The van der Waals surface area contributed by atoms with Crippen molar-refractivity contribution in [3.8, 4) is 0 Å². The summed E-state index contributed by atoms with van der Waals surface area (Å²) in [4.78, 5) is 15.3. The fraction of sp³-hybridized carbons (Fsp3) is 0.278. The number of benzene rings is 2. The van der Waals surface area contributed by atoms with Gasteiger partial charge in [-0.25, -0.2) is 0 Å². The number of carbonyl (C=O) groups excluding carboxylic acids is 1. The second-order valence-electron chi connectivity index (χ2n) is 5.22. The number of rotatable bonds is 7. The van der Waals surface area contributed by atoms with Gasteiger partial charge in [0.1, 0.15) is 0 Å². The fourth-order valence-corrected chi connectivity index (χ4v) is 2.78. The predicted molar refractivity (Wildman–Crippen MR) is 94.2 cm³/mol. The first-order valence-corrected chi connectivity index (χ1v) is 8.57. The lowest BCUT2D eigenvalue weighted by Crippen LogP contribution is -2.24. The van der Waals surface area contributed by atoms with Crippen LogP contribution in [0, 0.1) is 0 Å². The van der Waals surface area contributed by atoms with E-state index in [0.29, 0.717) is 6.42 Å². The zero-order chi connectivity index (χ0) is 15.8. The first-order chi connectivity index (χ1) is 10.7. The molecule has 0 atom stereocenters. The van der Waals surface area contributed by atoms with E-state index in [1.807, 2.05) is 55.8 Å². The van der Waals surface area contributed by atoms with Gasteiger partial charge in [0.25, 0.3) is 0 Å². The molecule has 22 heavy (non-hydrogen) atoms. The van der Waals surface area contributed by atoms with Crippen LogP contribution in [-0.4, -0.2) is 30.7 Å². The summed E-state index contributed by atoms with van der Waals surface area (Å²) in [6.07, 6.45) is 2.50. The highest BCUT2D eigenvalue weighted by Gasteiger charge is 2.08. The number of anilines is 1. The standard InChI is InChI=1S/C18H22N2OS/c1-20(14-15-8-4-3-5-9-15)13-12-18(21)19-16-10-6-7-11-17(16)22-2/h3-11H,12-14H2,1-2H3,(H,19,21). The monoisotopic (exact) mass is 314 g/mol. The Kier molecular flexibility index (Phi) is 6.49. The molecule has 0 aromatic heterocycles. The minimum absolute atomic E-state index is 0.0569. The van der Waals surface area contributed by atoms with Crippen LogP contribution in [0.1, 0.15) is 12.0 Å². The molecular weight excluding hydrogens is 292 g/mol. The number of amides is 1. The van der Waals surface area contributed by atoms with Gasteiger partial charge in [-0.1, -0.05) is 42.5 Å². The molecule has 0 saturated heterocycles. The predicted octanol–water partition coefficient (Wildman–Crippen LogP) is 3.87. The molecule has 0 fully saturated rings. The molecule has 0 spiro atoms. The van der Waals surface area contributed by atoms with Crippen molar-refractivity contribution in [1.29, 1.82) is 0 Å². The molecule has 2 aromatic rings. The Morgan fingerprint density at radius 2 is 1.77 bits per heavy atom. The molecule has 2 rings (SSSR count). The van der Waals surface area contributed by atoms with E-state index in [2.05, 4.69) is 22.3 Å². The maximum Gasteiger partial charge on any atom is 0.225 e. The molecule has 0 aliphatic carbocycles. The van der Waals surface area contributed by atoms with Crippen molar-refractivity contribution in [3.63, 3.8) is 0 Å². The van der Waals surface area contributed by atoms with Gasteiger partial charge in [0, 0.05) is 24.4 Å². The number of hydrogen-bond acceptors (Lipinski definition) is 3. The molecule has 116 valence electrons. The van der Waals surface area contributed by atoms with E-state index in [-0.39, 0.29) is 5.91 Å². The molecule has 3 nitrogen and oxygen atoms in total. The molecule has 4 heteroatoms. The van der Waals surface area contributed by atoms with Crippen LogP contribution in [0.2, 0.25) is 0 Å².